The van der Waals surface area contributed by atoms with Gasteiger partial charge in [0.1, 0.15) is 36.9 Å². The predicted octanol–water partition coefficient (Wildman–Crippen LogP) is 1.22. The molecule has 0 aliphatic carbocycles. The number of likely N-dealkylation sites (N-methyl/N-ethyl adjacent to an activating group) is 1. The molecular formula is C18H22NO5+. The van der Waals surface area contributed by atoms with Crippen molar-refractivity contribution in [2.75, 3.05) is 34.1 Å². The van der Waals surface area contributed by atoms with Crippen molar-refractivity contribution in [2.24, 2.45) is 0 Å². The second-order valence-electron chi connectivity index (χ2n) is 5.74. The van der Waals surface area contributed by atoms with Gasteiger partial charge < -0.3 is 29.0 Å². The Morgan fingerprint density at radius 1 is 1.08 bits per heavy atom. The fraction of sp³-hybridized carbons (Fsp3) is 0.333. The molecule has 1 unspecified atom stereocenters. The van der Waals surface area contributed by atoms with Gasteiger partial charge >= 0.3 is 0 Å². The Hall–Kier alpha value is -2.60. The highest BCUT2D eigenvalue weighted by Crippen LogP contribution is 2.37. The number of phenolic OH excluding ortho intramolecular Hbond substituents is 1. The van der Waals surface area contributed by atoms with Crippen molar-refractivity contribution in [2.45, 2.75) is 6.54 Å². The van der Waals surface area contributed by atoms with Crippen LogP contribution in [0.4, 0.5) is 0 Å². The lowest BCUT2D eigenvalue weighted by Crippen LogP contribution is -3.08. The first-order valence-corrected chi connectivity index (χ1v) is 7.85. The van der Waals surface area contributed by atoms with Crippen molar-refractivity contribution in [3.63, 3.8) is 0 Å². The van der Waals surface area contributed by atoms with E-state index in [1.54, 1.807) is 13.2 Å². The smallest absolute Gasteiger partial charge is 0.231 e. The lowest BCUT2D eigenvalue weighted by molar-refractivity contribution is -0.893. The van der Waals surface area contributed by atoms with Gasteiger partial charge in [-0.25, -0.2) is 0 Å². The Balaban J connectivity index is 1.49. The first-order chi connectivity index (χ1) is 11.7. The Labute approximate surface area is 141 Å². The number of ether oxygens (including phenoxy) is 4. The summed E-state index contributed by atoms with van der Waals surface area (Å²) in [5.74, 6) is 3.13. The van der Waals surface area contributed by atoms with Crippen LogP contribution in [0, 0.1) is 0 Å². The normalized spacial score (nSPS) is 13.6. The van der Waals surface area contributed by atoms with Gasteiger partial charge in [0.15, 0.2) is 11.5 Å². The quantitative estimate of drug-likeness (QED) is 0.798. The van der Waals surface area contributed by atoms with Gasteiger partial charge in [-0.2, -0.15) is 0 Å². The van der Waals surface area contributed by atoms with Gasteiger partial charge in [0.05, 0.1) is 19.7 Å². The SMILES string of the molecule is COc1ccc(OCC[NH+](C)Cc2cc3c(cc2O)OCO3)cc1. The lowest BCUT2D eigenvalue weighted by atomic mass is 10.1. The third kappa shape index (κ3) is 3.83. The molecule has 0 bridgehead atoms. The minimum atomic E-state index is 0.205. The molecule has 2 aromatic rings. The number of nitrogens with one attached hydrogen (secondary N) is 1. The number of hydrogen-bond donors (Lipinski definition) is 2. The zero-order valence-corrected chi connectivity index (χ0v) is 13.9. The highest BCUT2D eigenvalue weighted by molar-refractivity contribution is 5.50. The molecule has 0 saturated carbocycles. The van der Waals surface area contributed by atoms with Gasteiger partial charge in [-0.1, -0.05) is 0 Å². The van der Waals surface area contributed by atoms with Gasteiger partial charge in [-0.15, -0.1) is 0 Å². The molecule has 6 heteroatoms. The monoisotopic (exact) mass is 332 g/mol. The van der Waals surface area contributed by atoms with E-state index in [4.69, 9.17) is 18.9 Å². The average Bonchev–Trinajstić information content (AvgIpc) is 3.03. The number of hydrogen-bond acceptors (Lipinski definition) is 5. The summed E-state index contributed by atoms with van der Waals surface area (Å²) < 4.78 is 21.5. The molecule has 1 heterocycles. The fourth-order valence-electron chi connectivity index (χ4n) is 2.54. The first-order valence-electron chi connectivity index (χ1n) is 7.85. The molecule has 2 aromatic carbocycles. The molecule has 3 rings (SSSR count). The van der Waals surface area contributed by atoms with Crippen molar-refractivity contribution in [1.82, 2.24) is 0 Å². The molecule has 0 aromatic heterocycles. The van der Waals surface area contributed by atoms with Crippen LogP contribution >= 0.6 is 0 Å². The van der Waals surface area contributed by atoms with Crippen LogP contribution in [0.3, 0.4) is 0 Å². The Bertz CT molecular complexity index is 687. The van der Waals surface area contributed by atoms with E-state index in [2.05, 4.69) is 7.05 Å². The molecule has 0 amide bonds. The number of rotatable bonds is 7. The van der Waals surface area contributed by atoms with E-state index in [9.17, 15) is 5.11 Å². The van der Waals surface area contributed by atoms with E-state index in [0.29, 0.717) is 24.7 Å². The van der Waals surface area contributed by atoms with Gasteiger partial charge in [-0.05, 0) is 30.3 Å². The second-order valence-corrected chi connectivity index (χ2v) is 5.74. The minimum absolute atomic E-state index is 0.205. The summed E-state index contributed by atoms with van der Waals surface area (Å²) in [5, 5.41) is 10.1. The average molecular weight is 332 g/mol. The van der Waals surface area contributed by atoms with E-state index in [0.717, 1.165) is 23.6 Å². The zero-order chi connectivity index (χ0) is 16.9. The molecule has 0 spiro atoms. The Morgan fingerprint density at radius 3 is 2.46 bits per heavy atom. The summed E-state index contributed by atoms with van der Waals surface area (Å²) in [5.41, 5.74) is 0.834. The molecule has 0 fully saturated rings. The minimum Gasteiger partial charge on any atom is -0.507 e. The molecule has 6 nitrogen and oxygen atoms in total. The third-order valence-electron chi connectivity index (χ3n) is 3.92. The van der Waals surface area contributed by atoms with Gasteiger partial charge in [0.25, 0.3) is 0 Å². The molecule has 1 atom stereocenters. The molecule has 0 saturated heterocycles. The first kappa shape index (κ1) is 16.3. The Kier molecular flexibility index (Phi) is 4.96. The summed E-state index contributed by atoms with van der Waals surface area (Å²) in [7, 11) is 3.70. The summed E-state index contributed by atoms with van der Waals surface area (Å²) >= 11 is 0. The maximum absolute atomic E-state index is 10.1. The van der Waals surface area contributed by atoms with Crippen LogP contribution in [0.15, 0.2) is 36.4 Å². The molecule has 0 radical (unpaired) electrons. The molecular weight excluding hydrogens is 310 g/mol. The van der Waals surface area contributed by atoms with E-state index >= 15 is 0 Å². The van der Waals surface area contributed by atoms with Crippen molar-refractivity contribution in [1.29, 1.82) is 0 Å². The van der Waals surface area contributed by atoms with Crippen LogP contribution in [0.2, 0.25) is 0 Å². The second kappa shape index (κ2) is 7.31. The van der Waals surface area contributed by atoms with E-state index < -0.39 is 0 Å². The summed E-state index contributed by atoms with van der Waals surface area (Å²) in [6, 6.07) is 11.0. The Morgan fingerprint density at radius 2 is 1.75 bits per heavy atom. The highest BCUT2D eigenvalue weighted by Gasteiger charge is 2.18. The zero-order valence-electron chi connectivity index (χ0n) is 13.9. The molecule has 128 valence electrons. The number of methoxy groups -OCH3 is 1. The van der Waals surface area contributed by atoms with Crippen molar-refractivity contribution in [3.8, 4) is 28.7 Å². The molecule has 1 aliphatic rings. The summed E-state index contributed by atoms with van der Waals surface area (Å²) in [6.45, 7) is 2.27. The van der Waals surface area contributed by atoms with Crippen LogP contribution in [0.25, 0.3) is 0 Å². The topological polar surface area (TPSA) is 61.6 Å². The van der Waals surface area contributed by atoms with Gasteiger partial charge in [0.2, 0.25) is 6.79 Å². The fourth-order valence-corrected chi connectivity index (χ4v) is 2.54. The van der Waals surface area contributed by atoms with Crippen molar-refractivity contribution >= 4 is 0 Å². The van der Waals surface area contributed by atoms with Crippen molar-refractivity contribution < 1.29 is 29.0 Å². The number of aromatic hydroxyl groups is 1. The van der Waals surface area contributed by atoms with Crippen molar-refractivity contribution in [3.05, 3.63) is 42.0 Å². The van der Waals surface area contributed by atoms with Crippen LogP contribution in [-0.4, -0.2) is 39.2 Å². The highest BCUT2D eigenvalue weighted by atomic mass is 16.7. The largest absolute Gasteiger partial charge is 0.507 e. The van der Waals surface area contributed by atoms with E-state index in [1.807, 2.05) is 30.3 Å². The number of fused-ring (bicyclic) bond motifs is 1. The van der Waals surface area contributed by atoms with Crippen LogP contribution in [0.1, 0.15) is 5.56 Å². The van der Waals surface area contributed by atoms with Crippen LogP contribution < -0.4 is 23.8 Å². The van der Waals surface area contributed by atoms with E-state index in [1.165, 1.54) is 4.90 Å². The maximum Gasteiger partial charge on any atom is 0.231 e. The molecule has 24 heavy (non-hydrogen) atoms. The van der Waals surface area contributed by atoms with Crippen LogP contribution in [0.5, 0.6) is 28.7 Å². The number of phenols is 1. The molecule has 2 N–H and O–H groups in total. The lowest BCUT2D eigenvalue weighted by Gasteiger charge is -2.16. The third-order valence-corrected chi connectivity index (χ3v) is 3.92. The molecule has 1 aliphatic heterocycles. The standard InChI is InChI=1S/C18H21NO5/c1-19(7-8-22-15-5-3-14(21-2)4-6-15)11-13-9-17-18(10-16(13)20)24-12-23-17/h3-6,9-10,20H,7-8,11-12H2,1-2H3/p+1. The summed E-state index contributed by atoms with van der Waals surface area (Å²) in [6.07, 6.45) is 0. The number of quaternary nitrogens is 1. The number of benzene rings is 2. The van der Waals surface area contributed by atoms with Gasteiger partial charge in [0, 0.05) is 6.07 Å². The predicted molar refractivity (Wildman–Crippen MR) is 88.2 cm³/mol. The van der Waals surface area contributed by atoms with E-state index in [-0.39, 0.29) is 12.5 Å². The summed E-state index contributed by atoms with van der Waals surface area (Å²) in [4.78, 5) is 1.22. The van der Waals surface area contributed by atoms with Crippen LogP contribution in [-0.2, 0) is 6.54 Å². The maximum atomic E-state index is 10.1. The van der Waals surface area contributed by atoms with Gasteiger partial charge in [-0.3, -0.25) is 0 Å².